The van der Waals surface area contributed by atoms with E-state index in [1.807, 2.05) is 0 Å². The first-order valence-corrected chi connectivity index (χ1v) is 5.68. The van der Waals surface area contributed by atoms with Crippen LogP contribution in [0, 0.1) is 11.8 Å². The Morgan fingerprint density at radius 3 is 2.50 bits per heavy atom. The van der Waals surface area contributed by atoms with Crippen molar-refractivity contribution < 1.29 is 9.90 Å². The number of hydrogen-bond acceptors (Lipinski definition) is 2. The third-order valence-corrected chi connectivity index (χ3v) is 3.26. The third kappa shape index (κ3) is 3.29. The van der Waals surface area contributed by atoms with Crippen LogP contribution >= 0.6 is 0 Å². The molecule has 0 spiro atoms. The van der Waals surface area contributed by atoms with E-state index in [-0.39, 0.29) is 5.92 Å². The van der Waals surface area contributed by atoms with Crippen LogP contribution in [0.15, 0.2) is 0 Å². The van der Waals surface area contributed by atoms with Crippen molar-refractivity contribution >= 4 is 5.97 Å². The molecule has 1 fully saturated rings. The first-order chi connectivity index (χ1) is 6.75. The van der Waals surface area contributed by atoms with Crippen molar-refractivity contribution in [2.75, 3.05) is 6.54 Å². The average molecular weight is 199 g/mol. The second-order valence-corrected chi connectivity index (χ2v) is 4.27. The van der Waals surface area contributed by atoms with Crippen LogP contribution in [0.5, 0.6) is 0 Å². The molecular formula is C11H21NO2. The molecule has 0 bridgehead atoms. The fraction of sp³-hybridized carbons (Fsp3) is 0.909. The summed E-state index contributed by atoms with van der Waals surface area (Å²) in [6.07, 6.45) is 7.49. The number of carboxylic acid groups (broad SMARTS) is 1. The summed E-state index contributed by atoms with van der Waals surface area (Å²) in [5, 5.41) is 9.11. The summed E-state index contributed by atoms with van der Waals surface area (Å²) < 4.78 is 0. The predicted molar refractivity (Wildman–Crippen MR) is 56.0 cm³/mol. The molecule has 1 rings (SSSR count). The van der Waals surface area contributed by atoms with E-state index in [0.29, 0.717) is 12.5 Å². The standard InChI is InChI=1S/C11H21NO2/c12-8-4-7-10(11(13)14)9-5-2-1-3-6-9/h9-10H,1-8,12H2,(H,13,14)/t10-/m1/s1. The number of rotatable bonds is 5. The smallest absolute Gasteiger partial charge is 0.306 e. The molecule has 0 radical (unpaired) electrons. The number of aliphatic carboxylic acids is 1. The minimum Gasteiger partial charge on any atom is -0.481 e. The van der Waals surface area contributed by atoms with Crippen molar-refractivity contribution in [1.29, 1.82) is 0 Å². The van der Waals surface area contributed by atoms with Gasteiger partial charge in [0.15, 0.2) is 0 Å². The molecule has 0 aromatic rings. The molecule has 0 aromatic carbocycles. The molecule has 1 aliphatic rings. The van der Waals surface area contributed by atoms with Crippen molar-refractivity contribution in [2.24, 2.45) is 17.6 Å². The zero-order valence-corrected chi connectivity index (χ0v) is 8.74. The van der Waals surface area contributed by atoms with Crippen LogP contribution in [0.3, 0.4) is 0 Å². The fourth-order valence-corrected chi connectivity index (χ4v) is 2.44. The van der Waals surface area contributed by atoms with Crippen LogP contribution in [0.4, 0.5) is 0 Å². The molecule has 1 saturated carbocycles. The Bertz CT molecular complexity index is 176. The van der Waals surface area contributed by atoms with E-state index < -0.39 is 5.97 Å². The maximum Gasteiger partial charge on any atom is 0.306 e. The average Bonchev–Trinajstić information content (AvgIpc) is 2.19. The molecular weight excluding hydrogens is 178 g/mol. The molecule has 3 nitrogen and oxygen atoms in total. The van der Waals surface area contributed by atoms with Crippen LogP contribution < -0.4 is 5.73 Å². The normalized spacial score (nSPS) is 20.6. The van der Waals surface area contributed by atoms with Crippen LogP contribution in [0.2, 0.25) is 0 Å². The predicted octanol–water partition coefficient (Wildman–Crippen LogP) is 2.01. The SMILES string of the molecule is NCCC[C@@H](C(=O)O)C1CCCCC1. The van der Waals surface area contributed by atoms with Gasteiger partial charge in [0.1, 0.15) is 0 Å². The Hall–Kier alpha value is -0.570. The Kier molecular flexibility index (Phi) is 4.94. The van der Waals surface area contributed by atoms with E-state index in [1.165, 1.54) is 19.3 Å². The Labute approximate surface area is 85.7 Å². The molecule has 82 valence electrons. The number of nitrogens with two attached hydrogens (primary N) is 1. The number of carboxylic acids is 1. The lowest BCUT2D eigenvalue weighted by Gasteiger charge is -2.27. The first kappa shape index (κ1) is 11.5. The molecule has 1 atom stereocenters. The molecule has 0 saturated heterocycles. The van der Waals surface area contributed by atoms with Crippen LogP contribution in [0.25, 0.3) is 0 Å². The highest BCUT2D eigenvalue weighted by molar-refractivity contribution is 5.70. The molecule has 14 heavy (non-hydrogen) atoms. The van der Waals surface area contributed by atoms with Gasteiger partial charge < -0.3 is 10.8 Å². The second-order valence-electron chi connectivity index (χ2n) is 4.27. The molecule has 0 heterocycles. The zero-order chi connectivity index (χ0) is 10.4. The van der Waals surface area contributed by atoms with Gasteiger partial charge in [0.2, 0.25) is 0 Å². The lowest BCUT2D eigenvalue weighted by atomic mass is 9.78. The summed E-state index contributed by atoms with van der Waals surface area (Å²) in [5.41, 5.74) is 5.41. The van der Waals surface area contributed by atoms with Crippen molar-refractivity contribution in [1.82, 2.24) is 0 Å². The Morgan fingerprint density at radius 2 is 2.00 bits per heavy atom. The van der Waals surface area contributed by atoms with Gasteiger partial charge in [-0.15, -0.1) is 0 Å². The molecule has 0 amide bonds. The van der Waals surface area contributed by atoms with Gasteiger partial charge in [-0.3, -0.25) is 4.79 Å². The maximum absolute atomic E-state index is 11.1. The highest BCUT2D eigenvalue weighted by Crippen LogP contribution is 2.32. The van der Waals surface area contributed by atoms with E-state index in [4.69, 9.17) is 10.8 Å². The fourth-order valence-electron chi connectivity index (χ4n) is 2.44. The van der Waals surface area contributed by atoms with E-state index in [0.717, 1.165) is 25.7 Å². The molecule has 3 heteroatoms. The van der Waals surface area contributed by atoms with E-state index in [2.05, 4.69) is 0 Å². The van der Waals surface area contributed by atoms with Crippen LogP contribution in [-0.2, 0) is 4.79 Å². The molecule has 0 aromatic heterocycles. The van der Waals surface area contributed by atoms with Crippen LogP contribution in [-0.4, -0.2) is 17.6 Å². The van der Waals surface area contributed by atoms with Gasteiger partial charge in [-0.25, -0.2) is 0 Å². The molecule has 0 aliphatic heterocycles. The van der Waals surface area contributed by atoms with E-state index in [1.54, 1.807) is 0 Å². The first-order valence-electron chi connectivity index (χ1n) is 5.68. The Morgan fingerprint density at radius 1 is 1.36 bits per heavy atom. The minimum absolute atomic E-state index is 0.140. The van der Waals surface area contributed by atoms with E-state index in [9.17, 15) is 4.79 Å². The van der Waals surface area contributed by atoms with Gasteiger partial charge >= 0.3 is 5.97 Å². The Balaban J connectivity index is 2.43. The molecule has 1 aliphatic carbocycles. The molecule has 3 N–H and O–H groups in total. The maximum atomic E-state index is 11.1. The summed E-state index contributed by atoms with van der Waals surface area (Å²) in [6.45, 7) is 0.608. The van der Waals surface area contributed by atoms with Crippen molar-refractivity contribution in [3.05, 3.63) is 0 Å². The highest BCUT2D eigenvalue weighted by atomic mass is 16.4. The molecule has 0 unspecified atom stereocenters. The van der Waals surface area contributed by atoms with Crippen molar-refractivity contribution in [3.63, 3.8) is 0 Å². The second kappa shape index (κ2) is 6.02. The van der Waals surface area contributed by atoms with Crippen molar-refractivity contribution in [2.45, 2.75) is 44.9 Å². The number of hydrogen-bond donors (Lipinski definition) is 2. The zero-order valence-electron chi connectivity index (χ0n) is 8.74. The summed E-state index contributed by atoms with van der Waals surface area (Å²) >= 11 is 0. The summed E-state index contributed by atoms with van der Waals surface area (Å²) in [7, 11) is 0. The summed E-state index contributed by atoms with van der Waals surface area (Å²) in [6, 6.07) is 0. The van der Waals surface area contributed by atoms with Gasteiger partial charge in [-0.1, -0.05) is 19.3 Å². The summed E-state index contributed by atoms with van der Waals surface area (Å²) in [5.74, 6) is -0.350. The van der Waals surface area contributed by atoms with Gasteiger partial charge in [-0.2, -0.15) is 0 Å². The van der Waals surface area contributed by atoms with E-state index >= 15 is 0 Å². The topological polar surface area (TPSA) is 63.3 Å². The lowest BCUT2D eigenvalue weighted by molar-refractivity contribution is -0.144. The lowest BCUT2D eigenvalue weighted by Crippen LogP contribution is -2.26. The van der Waals surface area contributed by atoms with Gasteiger partial charge in [0.05, 0.1) is 5.92 Å². The minimum atomic E-state index is -0.620. The monoisotopic (exact) mass is 199 g/mol. The quantitative estimate of drug-likeness (QED) is 0.712. The van der Waals surface area contributed by atoms with Crippen molar-refractivity contribution in [3.8, 4) is 0 Å². The third-order valence-electron chi connectivity index (χ3n) is 3.26. The largest absolute Gasteiger partial charge is 0.481 e. The van der Waals surface area contributed by atoms with Crippen LogP contribution in [0.1, 0.15) is 44.9 Å². The summed E-state index contributed by atoms with van der Waals surface area (Å²) in [4.78, 5) is 11.1. The van der Waals surface area contributed by atoms with Gasteiger partial charge in [0, 0.05) is 0 Å². The number of carbonyl (C=O) groups is 1. The van der Waals surface area contributed by atoms with Gasteiger partial charge in [0.25, 0.3) is 0 Å². The van der Waals surface area contributed by atoms with Gasteiger partial charge in [-0.05, 0) is 38.1 Å². The highest BCUT2D eigenvalue weighted by Gasteiger charge is 2.28.